The van der Waals surface area contributed by atoms with Crippen molar-refractivity contribution in [2.24, 2.45) is 34.5 Å². The lowest BCUT2D eigenvalue weighted by atomic mass is 9.45. The molecular formula is C19H26O2. The number of fused-ring (bicyclic) bond motifs is 5. The van der Waals surface area contributed by atoms with Gasteiger partial charge in [-0.2, -0.15) is 0 Å². The summed E-state index contributed by atoms with van der Waals surface area (Å²) in [6, 6.07) is 0. The molecule has 3 fully saturated rings. The Labute approximate surface area is 127 Å². The molecular weight excluding hydrogens is 260 g/mol. The number of ketones is 2. The number of carbonyl (C=O) groups is 2. The van der Waals surface area contributed by atoms with Crippen molar-refractivity contribution in [1.82, 2.24) is 0 Å². The minimum atomic E-state index is -0.116. The molecule has 3 saturated carbocycles. The second-order valence-electron chi connectivity index (χ2n) is 8.50. The Kier molecular flexibility index (Phi) is 2.81. The summed E-state index contributed by atoms with van der Waals surface area (Å²) in [7, 11) is 0. The predicted molar refractivity (Wildman–Crippen MR) is 81.6 cm³/mol. The van der Waals surface area contributed by atoms with Gasteiger partial charge in [-0.1, -0.05) is 19.9 Å². The van der Waals surface area contributed by atoms with Crippen LogP contribution in [0.4, 0.5) is 0 Å². The van der Waals surface area contributed by atoms with Gasteiger partial charge < -0.3 is 0 Å². The Bertz CT molecular complexity index is 534. The maximum absolute atomic E-state index is 12.3. The van der Waals surface area contributed by atoms with E-state index in [4.69, 9.17) is 0 Å². The average Bonchev–Trinajstić information content (AvgIpc) is 2.76. The molecule has 2 nitrogen and oxygen atoms in total. The zero-order valence-corrected chi connectivity index (χ0v) is 13.2. The number of hydrogen-bond acceptors (Lipinski definition) is 2. The fourth-order valence-corrected chi connectivity index (χ4v) is 6.32. The molecule has 4 aliphatic carbocycles. The van der Waals surface area contributed by atoms with Gasteiger partial charge in [0.1, 0.15) is 5.78 Å². The van der Waals surface area contributed by atoms with Crippen LogP contribution in [-0.2, 0) is 9.59 Å². The minimum Gasteiger partial charge on any atom is -0.300 e. The van der Waals surface area contributed by atoms with Crippen LogP contribution in [0.1, 0.15) is 58.8 Å². The van der Waals surface area contributed by atoms with E-state index in [9.17, 15) is 9.59 Å². The van der Waals surface area contributed by atoms with Crippen LogP contribution < -0.4 is 0 Å². The number of allylic oxidation sites excluding steroid dienone is 2. The van der Waals surface area contributed by atoms with E-state index in [2.05, 4.69) is 19.9 Å². The van der Waals surface area contributed by atoms with Crippen molar-refractivity contribution in [2.75, 3.05) is 0 Å². The van der Waals surface area contributed by atoms with Crippen molar-refractivity contribution < 1.29 is 9.59 Å². The summed E-state index contributed by atoms with van der Waals surface area (Å²) in [5.74, 6) is 3.29. The van der Waals surface area contributed by atoms with Gasteiger partial charge in [0.2, 0.25) is 0 Å². The molecule has 0 spiro atoms. The van der Waals surface area contributed by atoms with Gasteiger partial charge in [-0.05, 0) is 67.3 Å². The first-order chi connectivity index (χ1) is 9.95. The highest BCUT2D eigenvalue weighted by Gasteiger charge is 2.58. The van der Waals surface area contributed by atoms with Crippen molar-refractivity contribution in [3.8, 4) is 0 Å². The third-order valence-electron chi connectivity index (χ3n) is 7.75. The van der Waals surface area contributed by atoms with Gasteiger partial charge in [0, 0.05) is 18.3 Å². The minimum absolute atomic E-state index is 0.116. The maximum atomic E-state index is 12.3. The summed E-state index contributed by atoms with van der Waals surface area (Å²) >= 11 is 0. The van der Waals surface area contributed by atoms with E-state index in [0.29, 0.717) is 34.7 Å². The van der Waals surface area contributed by atoms with E-state index in [-0.39, 0.29) is 5.41 Å². The zero-order chi connectivity index (χ0) is 14.8. The summed E-state index contributed by atoms with van der Waals surface area (Å²) in [6.07, 6.45) is 11.4. The summed E-state index contributed by atoms with van der Waals surface area (Å²) < 4.78 is 0. The van der Waals surface area contributed by atoms with E-state index in [1.807, 2.05) is 6.08 Å². The van der Waals surface area contributed by atoms with E-state index >= 15 is 0 Å². The topological polar surface area (TPSA) is 34.1 Å². The van der Waals surface area contributed by atoms with Crippen LogP contribution >= 0.6 is 0 Å². The molecule has 0 aromatic heterocycles. The molecule has 6 atom stereocenters. The number of Topliss-reactive ketones (excluding diaryl/α,β-unsaturated/α-hetero) is 1. The third kappa shape index (κ3) is 1.71. The summed E-state index contributed by atoms with van der Waals surface area (Å²) in [4.78, 5) is 24.1. The molecule has 0 amide bonds. The van der Waals surface area contributed by atoms with Crippen molar-refractivity contribution in [3.63, 3.8) is 0 Å². The number of rotatable bonds is 0. The van der Waals surface area contributed by atoms with Crippen LogP contribution in [0.2, 0.25) is 0 Å². The molecule has 0 aromatic carbocycles. The maximum Gasteiger partial charge on any atom is 0.161 e. The van der Waals surface area contributed by atoms with Crippen LogP contribution in [0.25, 0.3) is 0 Å². The smallest absolute Gasteiger partial charge is 0.161 e. The fraction of sp³-hybridized carbons (Fsp3) is 0.789. The fourth-order valence-electron chi connectivity index (χ4n) is 6.32. The largest absolute Gasteiger partial charge is 0.300 e. The lowest BCUT2D eigenvalue weighted by Crippen LogP contribution is -2.53. The van der Waals surface area contributed by atoms with E-state index in [1.165, 1.54) is 19.3 Å². The standard InChI is InChI=1S/C19H26O2/c1-18-9-7-13(20)11-12(18)3-4-14-15-5-6-17(21)19(15,2)10-8-16(14)18/h5-6,12,14-16H,3-4,7-11H2,1-2H3/t12?,14-,15-,16-,18-,19-/m0/s1. The van der Waals surface area contributed by atoms with Gasteiger partial charge in [0.25, 0.3) is 0 Å². The zero-order valence-electron chi connectivity index (χ0n) is 13.2. The first-order valence-electron chi connectivity index (χ1n) is 8.69. The van der Waals surface area contributed by atoms with E-state index in [0.717, 1.165) is 31.6 Å². The van der Waals surface area contributed by atoms with Gasteiger partial charge in [-0.25, -0.2) is 0 Å². The van der Waals surface area contributed by atoms with Crippen molar-refractivity contribution in [1.29, 1.82) is 0 Å². The van der Waals surface area contributed by atoms with Gasteiger partial charge in [0.05, 0.1) is 0 Å². The molecule has 0 N–H and O–H groups in total. The second-order valence-corrected chi connectivity index (χ2v) is 8.50. The predicted octanol–water partition coefficient (Wildman–Crippen LogP) is 3.94. The van der Waals surface area contributed by atoms with Crippen molar-refractivity contribution >= 4 is 11.6 Å². The molecule has 0 aliphatic heterocycles. The van der Waals surface area contributed by atoms with E-state index in [1.54, 1.807) is 0 Å². The average molecular weight is 286 g/mol. The molecule has 114 valence electrons. The molecule has 0 heterocycles. The highest BCUT2D eigenvalue weighted by atomic mass is 16.1. The summed E-state index contributed by atoms with van der Waals surface area (Å²) in [5, 5.41) is 0. The molecule has 0 saturated heterocycles. The molecule has 0 radical (unpaired) electrons. The summed E-state index contributed by atoms with van der Waals surface area (Å²) in [5.41, 5.74) is 0.229. The quantitative estimate of drug-likeness (QED) is 0.676. The lowest BCUT2D eigenvalue weighted by molar-refractivity contribution is -0.142. The first kappa shape index (κ1) is 13.7. The lowest BCUT2D eigenvalue weighted by Gasteiger charge is -2.59. The monoisotopic (exact) mass is 286 g/mol. The number of hydrogen-bond donors (Lipinski definition) is 0. The van der Waals surface area contributed by atoms with Crippen LogP contribution in [0.5, 0.6) is 0 Å². The Balaban J connectivity index is 1.67. The SMILES string of the molecule is C[C@]12CCC(=O)CC1CC[C@@H]1[C@@H]2CC[C@]2(C)C(=O)C=C[C@@H]12. The first-order valence-corrected chi connectivity index (χ1v) is 8.69. The molecule has 0 bridgehead atoms. The molecule has 21 heavy (non-hydrogen) atoms. The molecule has 4 aliphatic rings. The normalized spacial score (nSPS) is 52.3. The van der Waals surface area contributed by atoms with Crippen LogP contribution in [0.15, 0.2) is 12.2 Å². The Morgan fingerprint density at radius 3 is 2.71 bits per heavy atom. The summed E-state index contributed by atoms with van der Waals surface area (Å²) in [6.45, 7) is 4.64. The van der Waals surface area contributed by atoms with Crippen molar-refractivity contribution in [2.45, 2.75) is 58.8 Å². The third-order valence-corrected chi connectivity index (χ3v) is 7.75. The Hall–Kier alpha value is -0.920. The van der Waals surface area contributed by atoms with Gasteiger partial charge >= 0.3 is 0 Å². The van der Waals surface area contributed by atoms with Crippen LogP contribution in [0.3, 0.4) is 0 Å². The van der Waals surface area contributed by atoms with Gasteiger partial charge in [0.15, 0.2) is 5.78 Å². The van der Waals surface area contributed by atoms with Gasteiger partial charge in [-0.15, -0.1) is 0 Å². The second kappa shape index (κ2) is 4.30. The highest BCUT2D eigenvalue weighted by Crippen LogP contribution is 2.63. The Morgan fingerprint density at radius 2 is 1.90 bits per heavy atom. The molecule has 2 heteroatoms. The Morgan fingerprint density at radius 1 is 1.10 bits per heavy atom. The van der Waals surface area contributed by atoms with E-state index < -0.39 is 0 Å². The van der Waals surface area contributed by atoms with Gasteiger partial charge in [-0.3, -0.25) is 9.59 Å². The van der Waals surface area contributed by atoms with Crippen LogP contribution in [-0.4, -0.2) is 11.6 Å². The highest BCUT2D eigenvalue weighted by molar-refractivity contribution is 5.97. The van der Waals surface area contributed by atoms with Crippen molar-refractivity contribution in [3.05, 3.63) is 12.2 Å². The molecule has 4 rings (SSSR count). The molecule has 1 unspecified atom stereocenters. The number of carbonyl (C=O) groups excluding carboxylic acids is 2. The molecule has 0 aromatic rings. The van der Waals surface area contributed by atoms with Crippen LogP contribution in [0, 0.1) is 34.5 Å².